The van der Waals surface area contributed by atoms with Crippen LogP contribution in [0.15, 0.2) is 30.7 Å². The molecule has 4 nitrogen and oxygen atoms in total. The lowest BCUT2D eigenvalue weighted by Crippen LogP contribution is -2.26. The molecule has 2 rings (SSSR count). The van der Waals surface area contributed by atoms with E-state index in [-0.39, 0.29) is 6.04 Å². The van der Waals surface area contributed by atoms with Crippen LogP contribution in [0.25, 0.3) is 0 Å². The molecule has 1 unspecified atom stereocenters. The van der Waals surface area contributed by atoms with Crippen LogP contribution < -0.4 is 5.32 Å². The van der Waals surface area contributed by atoms with Crippen molar-refractivity contribution in [2.24, 2.45) is 0 Å². The second-order valence-corrected chi connectivity index (χ2v) is 4.69. The van der Waals surface area contributed by atoms with Crippen LogP contribution in [0, 0.1) is 6.92 Å². The summed E-state index contributed by atoms with van der Waals surface area (Å²) in [4.78, 5) is 4.27. The highest BCUT2D eigenvalue weighted by Crippen LogP contribution is 2.24. The molecule has 0 fully saturated rings. The maximum absolute atomic E-state index is 4.38. The van der Waals surface area contributed by atoms with Gasteiger partial charge in [-0.3, -0.25) is 9.67 Å². The molecule has 2 heterocycles. The average Bonchev–Trinajstić information content (AvgIpc) is 2.89. The molecule has 0 aliphatic carbocycles. The lowest BCUT2D eigenvalue weighted by Gasteiger charge is -2.21. The molecule has 2 aromatic rings. The fraction of sp³-hybridized carbons (Fsp3) is 0.467. The third-order valence-electron chi connectivity index (χ3n) is 3.33. The fourth-order valence-electron chi connectivity index (χ4n) is 2.29. The normalized spacial score (nSPS) is 12.6. The molecule has 1 N–H and O–H groups in total. The summed E-state index contributed by atoms with van der Waals surface area (Å²) in [5.41, 5.74) is 3.69. The smallest absolute Gasteiger partial charge is 0.0765 e. The van der Waals surface area contributed by atoms with Gasteiger partial charge in [0.05, 0.1) is 11.7 Å². The number of nitrogens with zero attached hydrogens (tertiary/aromatic N) is 3. The van der Waals surface area contributed by atoms with Gasteiger partial charge in [-0.25, -0.2) is 0 Å². The second kappa shape index (κ2) is 6.48. The first-order valence-corrected chi connectivity index (χ1v) is 6.93. The van der Waals surface area contributed by atoms with Gasteiger partial charge in [-0.1, -0.05) is 6.92 Å². The third-order valence-corrected chi connectivity index (χ3v) is 3.33. The van der Waals surface area contributed by atoms with Crippen molar-refractivity contribution in [2.75, 3.05) is 6.54 Å². The number of aromatic nitrogens is 3. The van der Waals surface area contributed by atoms with Gasteiger partial charge in [-0.15, -0.1) is 0 Å². The summed E-state index contributed by atoms with van der Waals surface area (Å²) < 4.78 is 2.04. The van der Waals surface area contributed by atoms with E-state index in [1.807, 2.05) is 23.3 Å². The number of rotatable bonds is 6. The van der Waals surface area contributed by atoms with Crippen molar-refractivity contribution in [3.63, 3.8) is 0 Å². The van der Waals surface area contributed by atoms with Crippen molar-refractivity contribution in [2.45, 2.75) is 39.8 Å². The average molecular weight is 258 g/mol. The molecule has 0 aromatic carbocycles. The van der Waals surface area contributed by atoms with Crippen LogP contribution in [0.2, 0.25) is 0 Å². The Labute approximate surface area is 114 Å². The molecule has 0 spiro atoms. The molecule has 0 radical (unpaired) electrons. The van der Waals surface area contributed by atoms with E-state index in [1.165, 1.54) is 16.8 Å². The maximum atomic E-state index is 4.38. The minimum Gasteiger partial charge on any atom is -0.305 e. The Kier molecular flexibility index (Phi) is 4.68. The van der Waals surface area contributed by atoms with Crippen LogP contribution in [0.1, 0.15) is 43.1 Å². The Morgan fingerprint density at radius 1 is 1.26 bits per heavy atom. The Balaban J connectivity index is 2.39. The van der Waals surface area contributed by atoms with Gasteiger partial charge in [0.25, 0.3) is 0 Å². The molecule has 0 aliphatic heterocycles. The molecule has 0 aliphatic rings. The van der Waals surface area contributed by atoms with E-state index < -0.39 is 0 Å². The van der Waals surface area contributed by atoms with Gasteiger partial charge in [-0.2, -0.15) is 5.10 Å². The van der Waals surface area contributed by atoms with Gasteiger partial charge in [0.2, 0.25) is 0 Å². The van der Waals surface area contributed by atoms with Gasteiger partial charge in [0.1, 0.15) is 0 Å². The fourth-order valence-corrected chi connectivity index (χ4v) is 2.29. The highest BCUT2D eigenvalue weighted by atomic mass is 15.3. The Hall–Kier alpha value is -1.68. The van der Waals surface area contributed by atoms with Gasteiger partial charge in [0, 0.05) is 25.1 Å². The quantitative estimate of drug-likeness (QED) is 0.866. The third kappa shape index (κ3) is 3.01. The molecule has 0 saturated carbocycles. The molecular formula is C15H22N4. The summed E-state index contributed by atoms with van der Waals surface area (Å²) in [6.07, 6.45) is 6.77. The Morgan fingerprint density at radius 3 is 2.79 bits per heavy atom. The first kappa shape index (κ1) is 13.7. The highest BCUT2D eigenvalue weighted by molar-refractivity contribution is 5.31. The van der Waals surface area contributed by atoms with Crippen molar-refractivity contribution in [1.29, 1.82) is 0 Å². The summed E-state index contributed by atoms with van der Waals surface area (Å²) in [6, 6.07) is 4.31. The largest absolute Gasteiger partial charge is 0.305 e. The molecule has 4 heteroatoms. The maximum Gasteiger partial charge on any atom is 0.0765 e. The summed E-state index contributed by atoms with van der Waals surface area (Å²) >= 11 is 0. The van der Waals surface area contributed by atoms with Crippen LogP contribution in [0.5, 0.6) is 0 Å². The lowest BCUT2D eigenvalue weighted by atomic mass is 10.0. The van der Waals surface area contributed by atoms with Crippen LogP contribution in [-0.2, 0) is 6.54 Å². The molecule has 1 atom stereocenters. The highest BCUT2D eigenvalue weighted by Gasteiger charge is 2.19. The molecule has 0 amide bonds. The van der Waals surface area contributed by atoms with Gasteiger partial charge >= 0.3 is 0 Å². The van der Waals surface area contributed by atoms with Crippen molar-refractivity contribution in [3.8, 4) is 0 Å². The van der Waals surface area contributed by atoms with E-state index in [0.717, 1.165) is 19.5 Å². The summed E-state index contributed by atoms with van der Waals surface area (Å²) in [7, 11) is 0. The van der Waals surface area contributed by atoms with Gasteiger partial charge < -0.3 is 5.32 Å². The summed E-state index contributed by atoms with van der Waals surface area (Å²) in [6.45, 7) is 8.28. The van der Waals surface area contributed by atoms with Gasteiger partial charge in [0.15, 0.2) is 0 Å². The van der Waals surface area contributed by atoms with Crippen molar-refractivity contribution >= 4 is 0 Å². The van der Waals surface area contributed by atoms with Crippen molar-refractivity contribution in [3.05, 3.63) is 47.5 Å². The second-order valence-electron chi connectivity index (χ2n) is 4.69. The molecule has 0 bridgehead atoms. The monoisotopic (exact) mass is 258 g/mol. The lowest BCUT2D eigenvalue weighted by molar-refractivity contribution is 0.527. The van der Waals surface area contributed by atoms with E-state index in [9.17, 15) is 0 Å². The van der Waals surface area contributed by atoms with Crippen molar-refractivity contribution < 1.29 is 0 Å². The molecular weight excluding hydrogens is 236 g/mol. The van der Waals surface area contributed by atoms with E-state index in [1.54, 1.807) is 0 Å². The van der Waals surface area contributed by atoms with Crippen LogP contribution >= 0.6 is 0 Å². The van der Waals surface area contributed by atoms with Gasteiger partial charge in [-0.05, 0) is 50.1 Å². The molecule has 102 valence electrons. The van der Waals surface area contributed by atoms with E-state index in [0.29, 0.717) is 0 Å². The Bertz CT molecular complexity index is 518. The van der Waals surface area contributed by atoms with Crippen molar-refractivity contribution in [1.82, 2.24) is 20.1 Å². The minimum atomic E-state index is 0.163. The standard InChI is InChI=1S/C15H22N4/c1-4-8-17-15(13-11-16-9-6-12(13)3)14-7-10-18-19(14)5-2/h6-7,9-11,15,17H,4-5,8H2,1-3H3. The predicted molar refractivity (Wildman–Crippen MR) is 77.0 cm³/mol. The number of hydrogen-bond donors (Lipinski definition) is 1. The number of aryl methyl sites for hydroxylation is 2. The summed E-state index contributed by atoms with van der Waals surface area (Å²) in [5.74, 6) is 0. The van der Waals surface area contributed by atoms with E-state index in [4.69, 9.17) is 0 Å². The molecule has 19 heavy (non-hydrogen) atoms. The number of pyridine rings is 1. The van der Waals surface area contributed by atoms with Crippen LogP contribution in [-0.4, -0.2) is 21.3 Å². The summed E-state index contributed by atoms with van der Waals surface area (Å²) in [5, 5.41) is 7.98. The van der Waals surface area contributed by atoms with Crippen LogP contribution in [0.4, 0.5) is 0 Å². The van der Waals surface area contributed by atoms with E-state index in [2.05, 4.69) is 48.3 Å². The molecule has 2 aromatic heterocycles. The molecule has 0 saturated heterocycles. The zero-order valence-corrected chi connectivity index (χ0v) is 11.9. The minimum absolute atomic E-state index is 0.163. The van der Waals surface area contributed by atoms with E-state index >= 15 is 0 Å². The zero-order valence-electron chi connectivity index (χ0n) is 11.9. The number of nitrogens with one attached hydrogen (secondary N) is 1. The first-order valence-electron chi connectivity index (χ1n) is 6.93. The van der Waals surface area contributed by atoms with Crippen LogP contribution in [0.3, 0.4) is 0 Å². The zero-order chi connectivity index (χ0) is 13.7. The Morgan fingerprint density at radius 2 is 2.11 bits per heavy atom. The topological polar surface area (TPSA) is 42.7 Å². The number of hydrogen-bond acceptors (Lipinski definition) is 3. The predicted octanol–water partition coefficient (Wildman–Crippen LogP) is 2.70. The SMILES string of the molecule is CCCNC(c1cnccc1C)c1ccnn1CC. The first-order chi connectivity index (χ1) is 9.27.